The Morgan fingerprint density at radius 1 is 0.661 bits per heavy atom. The summed E-state index contributed by atoms with van der Waals surface area (Å²) in [5, 5.41) is 5.29. The number of anilines is 2. The Morgan fingerprint density at radius 2 is 1.05 bits per heavy atom. The molecule has 6 atom stereocenters. The van der Waals surface area contributed by atoms with Crippen molar-refractivity contribution in [2.75, 3.05) is 37.1 Å². The molecule has 0 radical (unpaired) electrons. The zero-order valence-corrected chi connectivity index (χ0v) is 33.7. The maximum absolute atomic E-state index is 14.9. The van der Waals surface area contributed by atoms with Gasteiger partial charge in [-0.3, -0.25) is 19.6 Å². The van der Waals surface area contributed by atoms with Crippen LogP contribution in [0.3, 0.4) is 0 Å². The molecule has 328 valence electrons. The number of rotatable bonds is 8. The van der Waals surface area contributed by atoms with E-state index < -0.39 is 70.4 Å². The molecule has 0 saturated carbocycles. The number of carbonyl (C=O) groups is 2. The number of aryl methyl sites for hydroxylation is 2. The number of pyridine rings is 2. The van der Waals surface area contributed by atoms with Crippen molar-refractivity contribution in [3.63, 3.8) is 0 Å². The summed E-state index contributed by atoms with van der Waals surface area (Å²) in [5.41, 5.74) is 11.0. The molecule has 4 aliphatic heterocycles. The van der Waals surface area contributed by atoms with Gasteiger partial charge in [0.2, 0.25) is 0 Å². The quantitative estimate of drug-likeness (QED) is 0.153. The van der Waals surface area contributed by atoms with Gasteiger partial charge >= 0.3 is 0 Å². The molecule has 8 rings (SSSR count). The Labute approximate surface area is 351 Å². The maximum Gasteiger partial charge on any atom is 0.282 e. The topological polar surface area (TPSA) is 198 Å². The van der Waals surface area contributed by atoms with Gasteiger partial charge in [-0.2, -0.15) is 0 Å². The van der Waals surface area contributed by atoms with Crippen LogP contribution in [0.4, 0.5) is 37.7 Å². The lowest BCUT2D eigenvalue weighted by atomic mass is 9.76. The first kappa shape index (κ1) is 43.8. The van der Waals surface area contributed by atoms with Crippen molar-refractivity contribution in [2.45, 2.75) is 62.8 Å². The van der Waals surface area contributed by atoms with Gasteiger partial charge in [0.1, 0.15) is 46.3 Å². The molecule has 4 aliphatic rings. The smallest absolute Gasteiger partial charge is 0.282 e. The van der Waals surface area contributed by atoms with Gasteiger partial charge in [0.15, 0.2) is 0 Å². The average molecular weight is 869 g/mol. The number of aromatic nitrogens is 2. The zero-order valence-electron chi connectivity index (χ0n) is 33.7. The summed E-state index contributed by atoms with van der Waals surface area (Å²) in [6, 6.07) is 13.8. The summed E-state index contributed by atoms with van der Waals surface area (Å²) in [6.45, 7) is 4.14. The lowest BCUT2D eigenvalue weighted by molar-refractivity contribution is -0.121. The van der Waals surface area contributed by atoms with Crippen molar-refractivity contribution >= 4 is 35.2 Å². The number of fused-ring (bicyclic) bond motifs is 2. The number of hydrogen-bond donors (Lipinski definition) is 4. The number of hydrogen-bond acceptors (Lipinski definition) is 12. The van der Waals surface area contributed by atoms with Gasteiger partial charge in [0.05, 0.1) is 38.3 Å². The summed E-state index contributed by atoms with van der Waals surface area (Å²) in [5.74, 6) is -10.7. The Bertz CT molecular complexity index is 2250. The monoisotopic (exact) mass is 868 g/mol. The van der Waals surface area contributed by atoms with Crippen LogP contribution in [0.1, 0.15) is 57.1 Å². The van der Waals surface area contributed by atoms with Crippen molar-refractivity contribution < 1.29 is 54.9 Å². The van der Waals surface area contributed by atoms with Crippen molar-refractivity contribution in [1.82, 2.24) is 9.97 Å². The Balaban J connectivity index is 0.000000186. The fourth-order valence-corrected chi connectivity index (χ4v) is 8.01. The first-order chi connectivity index (χ1) is 29.2. The second-order valence-electron chi connectivity index (χ2n) is 15.7. The molecule has 4 aromatic rings. The second kappa shape index (κ2) is 16.5. The number of alkyl halides is 4. The molecule has 2 aromatic heterocycles. The number of nitrogens with one attached hydrogen (secondary N) is 2. The van der Waals surface area contributed by atoms with E-state index in [9.17, 15) is 35.9 Å². The van der Waals surface area contributed by atoms with Gasteiger partial charge in [-0.05, 0) is 73.5 Å². The van der Waals surface area contributed by atoms with E-state index >= 15 is 0 Å². The van der Waals surface area contributed by atoms with E-state index in [0.717, 1.165) is 37.1 Å². The van der Waals surface area contributed by atoms with Crippen LogP contribution in [0.25, 0.3) is 0 Å². The molecule has 2 aromatic carbocycles. The highest BCUT2D eigenvalue weighted by molar-refractivity contribution is 6.03. The van der Waals surface area contributed by atoms with Crippen molar-refractivity contribution in [2.24, 2.45) is 33.3 Å². The van der Waals surface area contributed by atoms with Crippen LogP contribution in [0.15, 0.2) is 83.0 Å². The van der Waals surface area contributed by atoms with Crippen LogP contribution < -0.4 is 22.1 Å². The number of aliphatic imine (C=N–C) groups is 2. The fraction of sp³-hybridized carbons (Fsp3) is 0.381. The molecule has 14 nitrogen and oxygen atoms in total. The molecule has 62 heavy (non-hydrogen) atoms. The van der Waals surface area contributed by atoms with Crippen LogP contribution in [-0.2, 0) is 30.0 Å². The molecule has 20 heteroatoms. The minimum Gasteiger partial charge on any atom is -0.465 e. The van der Waals surface area contributed by atoms with Gasteiger partial charge in [0, 0.05) is 48.7 Å². The number of nitrogens with two attached hydrogens (primary N) is 2. The number of benzene rings is 2. The van der Waals surface area contributed by atoms with Gasteiger partial charge in [-0.1, -0.05) is 12.1 Å². The first-order valence-electron chi connectivity index (χ1n) is 19.2. The van der Waals surface area contributed by atoms with Crippen LogP contribution in [0.2, 0.25) is 0 Å². The molecular formula is C42H42F6N8O6. The Morgan fingerprint density at radius 3 is 1.39 bits per heavy atom. The lowest BCUT2D eigenvalue weighted by Gasteiger charge is -2.37. The molecule has 2 fully saturated rings. The standard InChI is InChI=1S/2C21H21F3N4O3/c2*1-11-3-6-16(26-8-11)18(29)27-12-4-5-15(22)13(7-12)21-10-31-17(20(2,23)24)14(21)9-30-19(25)28-21/h2*3-8,14,17H,9-10H2,1-2H3,(H2,25,28)(H,27,29). The van der Waals surface area contributed by atoms with Crippen LogP contribution >= 0.6 is 0 Å². The average Bonchev–Trinajstić information content (AvgIpc) is 3.80. The number of carbonyl (C=O) groups excluding carboxylic acids is 2. The third-order valence-corrected chi connectivity index (χ3v) is 11.0. The molecule has 6 heterocycles. The molecule has 0 aliphatic carbocycles. The molecule has 0 spiro atoms. The van der Waals surface area contributed by atoms with Gasteiger partial charge in [-0.25, -0.2) is 36.3 Å². The minimum absolute atomic E-state index is 0.00911. The van der Waals surface area contributed by atoms with Crippen molar-refractivity contribution in [3.05, 3.63) is 118 Å². The molecule has 6 N–H and O–H groups in total. The molecule has 2 saturated heterocycles. The van der Waals surface area contributed by atoms with Crippen LogP contribution in [0, 0.1) is 37.3 Å². The molecule has 0 bridgehead atoms. The summed E-state index contributed by atoms with van der Waals surface area (Å²) in [4.78, 5) is 41.5. The number of amides is 2. The lowest BCUT2D eigenvalue weighted by Crippen LogP contribution is -2.48. The predicted octanol–water partition coefficient (Wildman–Crippen LogP) is 5.98. The van der Waals surface area contributed by atoms with Crippen LogP contribution in [-0.4, -0.2) is 84.3 Å². The van der Waals surface area contributed by atoms with Crippen molar-refractivity contribution in [1.29, 1.82) is 0 Å². The number of ether oxygens (including phenoxy) is 4. The first-order valence-corrected chi connectivity index (χ1v) is 19.2. The number of nitrogens with zero attached hydrogens (tertiary/aromatic N) is 4. The fourth-order valence-electron chi connectivity index (χ4n) is 8.01. The molecule has 6 unspecified atom stereocenters. The normalized spacial score (nSPS) is 25.4. The zero-order chi connectivity index (χ0) is 44.8. The van der Waals surface area contributed by atoms with E-state index in [-0.39, 0.29) is 72.4 Å². The van der Waals surface area contributed by atoms with Gasteiger partial charge in [-0.15, -0.1) is 0 Å². The van der Waals surface area contributed by atoms with E-state index in [1.54, 1.807) is 36.7 Å². The van der Waals surface area contributed by atoms with E-state index in [1.165, 1.54) is 24.3 Å². The highest BCUT2D eigenvalue weighted by atomic mass is 19.3. The molecular weight excluding hydrogens is 826 g/mol. The summed E-state index contributed by atoms with van der Waals surface area (Å²) in [7, 11) is 0. The number of amidine groups is 2. The summed E-state index contributed by atoms with van der Waals surface area (Å²) < 4.78 is 107. The minimum atomic E-state index is -3.20. The van der Waals surface area contributed by atoms with Crippen molar-refractivity contribution in [3.8, 4) is 0 Å². The van der Waals surface area contributed by atoms with Crippen LogP contribution in [0.5, 0.6) is 0 Å². The Kier molecular flexibility index (Phi) is 11.7. The third kappa shape index (κ3) is 8.61. The van der Waals surface area contributed by atoms with E-state index in [2.05, 4.69) is 30.6 Å². The second-order valence-corrected chi connectivity index (χ2v) is 15.7. The van der Waals surface area contributed by atoms with E-state index in [1.807, 2.05) is 13.8 Å². The Hall–Kier alpha value is -6.28. The SMILES string of the molecule is Cc1ccc(C(=O)Nc2ccc(F)c(C34COC(C(C)(F)F)C3COC(N)=N4)c2)nc1.Cc1ccc(C(=O)Nc2ccc(F)c(C34COC(C(C)(F)F)C3COC(N)=N4)c2)nc1. The predicted molar refractivity (Wildman–Crippen MR) is 213 cm³/mol. The summed E-state index contributed by atoms with van der Waals surface area (Å²) in [6.07, 6.45) is 0.0434. The van der Waals surface area contributed by atoms with Gasteiger partial charge < -0.3 is 41.0 Å². The number of halogens is 6. The maximum atomic E-state index is 14.9. The largest absolute Gasteiger partial charge is 0.465 e. The highest BCUT2D eigenvalue weighted by Gasteiger charge is 2.62. The van der Waals surface area contributed by atoms with E-state index in [4.69, 9.17) is 30.4 Å². The van der Waals surface area contributed by atoms with E-state index in [0.29, 0.717) is 0 Å². The summed E-state index contributed by atoms with van der Waals surface area (Å²) >= 11 is 0. The highest BCUT2D eigenvalue weighted by Crippen LogP contribution is 2.51. The molecule has 2 amide bonds. The third-order valence-electron chi connectivity index (χ3n) is 11.0. The van der Waals surface area contributed by atoms with Gasteiger partial charge in [0.25, 0.3) is 35.7 Å².